The van der Waals surface area contributed by atoms with Gasteiger partial charge in [-0.15, -0.1) is 0 Å². The highest BCUT2D eigenvalue weighted by Crippen LogP contribution is 2.23. The lowest BCUT2D eigenvalue weighted by Gasteiger charge is -2.27. The Labute approximate surface area is 171 Å². The van der Waals surface area contributed by atoms with Gasteiger partial charge < -0.3 is 15.4 Å². The standard InChI is InChI=1S/C18H30N2O8S/c1-4-26-18(23)15-14(27-29(24,25)28-15)17(22)20-13(10-11(2)3)16(21)19-12-8-6-5-7-9-12/h11-15H,4-10H2,1-3H3,(H,19,21)(H,20,22)/t13-,14-,15-/m0/s1. The highest BCUT2D eigenvalue weighted by atomic mass is 32.3. The van der Waals surface area contributed by atoms with Crippen LogP contribution < -0.4 is 10.6 Å². The van der Waals surface area contributed by atoms with Crippen molar-refractivity contribution in [1.82, 2.24) is 10.6 Å². The Morgan fingerprint density at radius 3 is 2.28 bits per heavy atom. The number of rotatable bonds is 8. The van der Waals surface area contributed by atoms with E-state index < -0.39 is 40.5 Å². The van der Waals surface area contributed by atoms with Gasteiger partial charge in [0.15, 0.2) is 6.10 Å². The fourth-order valence-corrected chi connectivity index (χ4v) is 4.37. The van der Waals surface area contributed by atoms with Gasteiger partial charge >= 0.3 is 16.4 Å². The Bertz CT molecular complexity index is 703. The molecule has 0 aromatic rings. The van der Waals surface area contributed by atoms with E-state index in [1.54, 1.807) is 0 Å². The van der Waals surface area contributed by atoms with Crippen molar-refractivity contribution >= 4 is 28.2 Å². The molecular weight excluding hydrogens is 404 g/mol. The lowest BCUT2D eigenvalue weighted by Crippen LogP contribution is -2.54. The molecule has 11 heteroatoms. The fourth-order valence-electron chi connectivity index (χ4n) is 3.45. The Balaban J connectivity index is 2.08. The maximum absolute atomic E-state index is 12.7. The Morgan fingerprint density at radius 1 is 1.07 bits per heavy atom. The first kappa shape index (κ1) is 23.6. The summed E-state index contributed by atoms with van der Waals surface area (Å²) < 4.78 is 37.2. The second-order valence-electron chi connectivity index (χ2n) is 7.73. The number of ether oxygens (including phenoxy) is 1. The monoisotopic (exact) mass is 434 g/mol. The van der Waals surface area contributed by atoms with Crippen molar-refractivity contribution in [1.29, 1.82) is 0 Å². The minimum absolute atomic E-state index is 0.0210. The molecule has 29 heavy (non-hydrogen) atoms. The number of carbonyl (C=O) groups excluding carboxylic acids is 3. The molecule has 2 fully saturated rings. The Hall–Kier alpha value is -1.72. The van der Waals surface area contributed by atoms with Gasteiger partial charge in [-0.1, -0.05) is 33.1 Å². The molecular formula is C18H30N2O8S. The Kier molecular flexibility index (Phi) is 8.41. The third-order valence-corrected chi connectivity index (χ3v) is 5.67. The van der Waals surface area contributed by atoms with Crippen LogP contribution in [-0.4, -0.2) is 57.1 Å². The molecule has 0 spiro atoms. The summed E-state index contributed by atoms with van der Waals surface area (Å²) in [6.07, 6.45) is 1.83. The summed E-state index contributed by atoms with van der Waals surface area (Å²) >= 11 is 0. The first-order valence-electron chi connectivity index (χ1n) is 10.0. The molecule has 0 bridgehead atoms. The van der Waals surface area contributed by atoms with Crippen LogP contribution in [0.3, 0.4) is 0 Å². The third-order valence-electron chi connectivity index (χ3n) is 4.79. The molecule has 2 N–H and O–H groups in total. The van der Waals surface area contributed by atoms with E-state index in [1.165, 1.54) is 6.92 Å². The van der Waals surface area contributed by atoms with Gasteiger partial charge in [0.2, 0.25) is 12.0 Å². The lowest BCUT2D eigenvalue weighted by molar-refractivity contribution is -0.155. The molecule has 1 aliphatic carbocycles. The van der Waals surface area contributed by atoms with Crippen LogP contribution in [0.2, 0.25) is 0 Å². The summed E-state index contributed by atoms with van der Waals surface area (Å²) in [6.45, 7) is 5.31. The summed E-state index contributed by atoms with van der Waals surface area (Å²) in [5.74, 6) is -2.20. The van der Waals surface area contributed by atoms with Crippen molar-refractivity contribution in [2.24, 2.45) is 5.92 Å². The number of amides is 2. The predicted octanol–water partition coefficient (Wildman–Crippen LogP) is 0.558. The molecule has 10 nitrogen and oxygen atoms in total. The Morgan fingerprint density at radius 2 is 1.69 bits per heavy atom. The first-order valence-corrected chi connectivity index (χ1v) is 11.3. The van der Waals surface area contributed by atoms with Crippen molar-refractivity contribution in [2.75, 3.05) is 6.61 Å². The van der Waals surface area contributed by atoms with Crippen molar-refractivity contribution in [3.8, 4) is 0 Å². The number of carbonyl (C=O) groups is 3. The number of hydrogen-bond donors (Lipinski definition) is 2. The van der Waals surface area contributed by atoms with Gasteiger partial charge in [0, 0.05) is 6.04 Å². The van der Waals surface area contributed by atoms with Gasteiger partial charge in [-0.3, -0.25) is 9.59 Å². The molecule has 166 valence electrons. The van der Waals surface area contributed by atoms with Crippen LogP contribution in [0.5, 0.6) is 0 Å². The smallest absolute Gasteiger partial charge is 0.401 e. The van der Waals surface area contributed by atoms with Crippen LogP contribution >= 0.6 is 0 Å². The summed E-state index contributed by atoms with van der Waals surface area (Å²) in [4.78, 5) is 37.4. The van der Waals surface area contributed by atoms with Crippen LogP contribution in [0.15, 0.2) is 0 Å². The van der Waals surface area contributed by atoms with Crippen molar-refractivity contribution in [3.05, 3.63) is 0 Å². The van der Waals surface area contributed by atoms with Crippen molar-refractivity contribution in [2.45, 2.75) is 83.6 Å². The molecule has 0 aromatic heterocycles. The van der Waals surface area contributed by atoms with E-state index in [9.17, 15) is 22.8 Å². The van der Waals surface area contributed by atoms with E-state index in [0.29, 0.717) is 6.42 Å². The van der Waals surface area contributed by atoms with Crippen LogP contribution in [0.1, 0.15) is 59.3 Å². The zero-order valence-corrected chi connectivity index (χ0v) is 17.8. The van der Waals surface area contributed by atoms with Crippen LogP contribution in [0.25, 0.3) is 0 Å². The molecule has 0 aromatic carbocycles. The lowest BCUT2D eigenvalue weighted by atomic mass is 9.94. The highest BCUT2D eigenvalue weighted by Gasteiger charge is 2.50. The van der Waals surface area contributed by atoms with E-state index >= 15 is 0 Å². The van der Waals surface area contributed by atoms with Gasteiger partial charge in [-0.05, 0) is 32.1 Å². The average Bonchev–Trinajstić information content (AvgIpc) is 2.97. The minimum Gasteiger partial charge on any atom is -0.464 e. The zero-order chi connectivity index (χ0) is 21.6. The second-order valence-corrected chi connectivity index (χ2v) is 8.93. The van der Waals surface area contributed by atoms with Crippen molar-refractivity contribution in [3.63, 3.8) is 0 Å². The quantitative estimate of drug-likeness (QED) is 0.529. The van der Waals surface area contributed by atoms with E-state index in [-0.39, 0.29) is 24.5 Å². The molecule has 1 heterocycles. The second kappa shape index (κ2) is 10.4. The van der Waals surface area contributed by atoms with Gasteiger partial charge in [0.05, 0.1) is 6.61 Å². The zero-order valence-electron chi connectivity index (χ0n) is 17.0. The molecule has 1 aliphatic heterocycles. The highest BCUT2D eigenvalue weighted by molar-refractivity contribution is 7.82. The average molecular weight is 435 g/mol. The molecule has 1 saturated carbocycles. The summed E-state index contributed by atoms with van der Waals surface area (Å²) in [6, 6.07) is -0.833. The van der Waals surface area contributed by atoms with E-state index in [0.717, 1.165) is 32.1 Å². The summed E-state index contributed by atoms with van der Waals surface area (Å²) in [5, 5.41) is 5.47. The van der Waals surface area contributed by atoms with Crippen LogP contribution in [-0.2, 0) is 37.9 Å². The number of hydrogen-bond acceptors (Lipinski definition) is 8. The molecule has 2 rings (SSSR count). The predicted molar refractivity (Wildman–Crippen MR) is 102 cm³/mol. The van der Waals surface area contributed by atoms with Crippen LogP contribution in [0, 0.1) is 5.92 Å². The van der Waals surface area contributed by atoms with E-state index in [1.807, 2.05) is 13.8 Å². The number of nitrogens with one attached hydrogen (secondary N) is 2. The van der Waals surface area contributed by atoms with E-state index in [2.05, 4.69) is 19.0 Å². The molecule has 0 unspecified atom stereocenters. The summed E-state index contributed by atoms with van der Waals surface area (Å²) in [5.41, 5.74) is 0. The largest absolute Gasteiger partial charge is 0.464 e. The maximum Gasteiger partial charge on any atom is 0.401 e. The topological polar surface area (TPSA) is 137 Å². The van der Waals surface area contributed by atoms with E-state index in [4.69, 9.17) is 4.74 Å². The molecule has 0 radical (unpaired) electrons. The van der Waals surface area contributed by atoms with Crippen molar-refractivity contribution < 1.29 is 35.9 Å². The molecule has 1 saturated heterocycles. The third kappa shape index (κ3) is 6.93. The molecule has 3 atom stereocenters. The van der Waals surface area contributed by atoms with Gasteiger partial charge in [-0.2, -0.15) is 8.42 Å². The minimum atomic E-state index is -4.52. The molecule has 2 aliphatic rings. The first-order chi connectivity index (χ1) is 13.6. The SMILES string of the molecule is CCOC(=O)[C@H]1OS(=O)(=O)O[C@@H]1C(=O)N[C@@H](CC(C)C)C(=O)NC1CCCCC1. The van der Waals surface area contributed by atoms with Crippen LogP contribution in [0.4, 0.5) is 0 Å². The van der Waals surface area contributed by atoms with Gasteiger partial charge in [-0.25, -0.2) is 13.2 Å². The maximum atomic E-state index is 12.7. The summed E-state index contributed by atoms with van der Waals surface area (Å²) in [7, 11) is -4.52. The van der Waals surface area contributed by atoms with Gasteiger partial charge in [0.1, 0.15) is 6.04 Å². The number of esters is 1. The normalized spacial score (nSPS) is 25.4. The molecule has 2 amide bonds. The fraction of sp³-hybridized carbons (Fsp3) is 0.833. The van der Waals surface area contributed by atoms with Gasteiger partial charge in [0.25, 0.3) is 5.91 Å².